The van der Waals surface area contributed by atoms with Crippen LogP contribution in [0.5, 0.6) is 5.75 Å². The lowest BCUT2D eigenvalue weighted by atomic mass is 10.1. The van der Waals surface area contributed by atoms with Crippen LogP contribution in [0.3, 0.4) is 0 Å². The molecule has 0 amide bonds. The topological polar surface area (TPSA) is 64.1 Å². The van der Waals surface area contributed by atoms with Crippen molar-refractivity contribution in [1.29, 1.82) is 0 Å². The molecule has 0 bridgehead atoms. The second kappa shape index (κ2) is 13.0. The summed E-state index contributed by atoms with van der Waals surface area (Å²) in [6.07, 6.45) is 3.33. The highest BCUT2D eigenvalue weighted by atomic mass is 32.1. The Labute approximate surface area is 205 Å². The normalized spacial score (nSPS) is 9.94. The third-order valence-electron chi connectivity index (χ3n) is 4.87. The average molecular weight is 470 g/mol. The molecule has 172 valence electrons. The van der Waals surface area contributed by atoms with Crippen LogP contribution in [0.1, 0.15) is 23.7 Å². The van der Waals surface area contributed by atoms with Crippen molar-refractivity contribution in [2.45, 2.75) is 19.8 Å². The summed E-state index contributed by atoms with van der Waals surface area (Å²) >= 11 is 4.71. The zero-order valence-electron chi connectivity index (χ0n) is 19.3. The highest BCUT2D eigenvalue weighted by Crippen LogP contribution is 2.23. The molecule has 5 nitrogen and oxygen atoms in total. The molecule has 4 rings (SSSR count). The Morgan fingerprint density at radius 3 is 2.12 bits per heavy atom. The van der Waals surface area contributed by atoms with Crippen LogP contribution in [0.15, 0.2) is 91.1 Å². The second-order valence-corrected chi connectivity index (χ2v) is 7.77. The number of carbonyl (C=O) groups excluding carboxylic acids is 1. The number of hydrogen-bond acceptors (Lipinski definition) is 6. The summed E-state index contributed by atoms with van der Waals surface area (Å²) in [6, 6.07) is 27.6. The third-order valence-corrected chi connectivity index (χ3v) is 5.04. The number of aromatic nitrogens is 2. The van der Waals surface area contributed by atoms with Crippen molar-refractivity contribution in [3.8, 4) is 17.0 Å². The number of rotatable bonds is 7. The van der Waals surface area contributed by atoms with Gasteiger partial charge in [0.15, 0.2) is 0 Å². The van der Waals surface area contributed by atoms with Crippen LogP contribution in [0.25, 0.3) is 11.3 Å². The van der Waals surface area contributed by atoms with Crippen LogP contribution in [-0.4, -0.2) is 28.4 Å². The Kier molecular flexibility index (Phi) is 9.43. The number of ether oxygens (including phenoxy) is 1. The minimum atomic E-state index is -0.337. The number of thiocarbonyl (C=S) groups is 1. The van der Waals surface area contributed by atoms with Crippen LogP contribution in [0, 0.1) is 0 Å². The number of hydrogen-bond donors (Lipinski definition) is 1. The predicted octanol–water partition coefficient (Wildman–Crippen LogP) is 5.93. The first-order chi connectivity index (χ1) is 16.6. The number of esters is 1. The minimum Gasteiger partial charge on any atom is -0.427 e. The molecule has 34 heavy (non-hydrogen) atoms. The molecular formula is C28H27N3O2S. The Morgan fingerprint density at radius 2 is 1.56 bits per heavy atom. The first-order valence-electron chi connectivity index (χ1n) is 10.9. The summed E-state index contributed by atoms with van der Waals surface area (Å²) < 4.78 is 5.06. The van der Waals surface area contributed by atoms with Gasteiger partial charge >= 0.3 is 5.97 Å². The molecule has 0 atom stereocenters. The lowest BCUT2D eigenvalue weighted by Crippen LogP contribution is -2.04. The molecule has 0 spiro atoms. The van der Waals surface area contributed by atoms with Crippen LogP contribution in [0.2, 0.25) is 0 Å². The molecule has 3 aromatic carbocycles. The van der Waals surface area contributed by atoms with Crippen molar-refractivity contribution in [2.24, 2.45) is 0 Å². The maximum atomic E-state index is 11.0. The van der Waals surface area contributed by atoms with Gasteiger partial charge in [-0.3, -0.25) is 4.79 Å². The number of anilines is 1. The van der Waals surface area contributed by atoms with Gasteiger partial charge in [0.1, 0.15) is 11.6 Å². The predicted molar refractivity (Wildman–Crippen MR) is 141 cm³/mol. The van der Waals surface area contributed by atoms with E-state index in [-0.39, 0.29) is 5.97 Å². The van der Waals surface area contributed by atoms with E-state index in [4.69, 9.17) is 21.9 Å². The van der Waals surface area contributed by atoms with E-state index in [9.17, 15) is 4.79 Å². The first kappa shape index (κ1) is 24.7. The van der Waals surface area contributed by atoms with Crippen LogP contribution in [0.4, 0.5) is 5.82 Å². The maximum absolute atomic E-state index is 11.0. The van der Waals surface area contributed by atoms with Crippen LogP contribution < -0.4 is 10.1 Å². The molecule has 0 aliphatic rings. The molecule has 0 saturated carbocycles. The SMILES string of the molecule is CNc1ncc(-c2ccc(OC(C)=O)cc2)nc1Cc1ccccc1.S=CCc1ccccc1. The lowest BCUT2D eigenvalue weighted by molar-refractivity contribution is -0.131. The summed E-state index contributed by atoms with van der Waals surface area (Å²) in [6.45, 7) is 1.38. The number of nitrogens with zero attached hydrogens (tertiary/aromatic N) is 2. The average Bonchev–Trinajstić information content (AvgIpc) is 2.86. The van der Waals surface area contributed by atoms with Gasteiger partial charge in [0.05, 0.1) is 17.6 Å². The van der Waals surface area contributed by atoms with Gasteiger partial charge in [-0.15, -0.1) is 0 Å². The third kappa shape index (κ3) is 7.60. The fourth-order valence-electron chi connectivity index (χ4n) is 3.26. The fourth-order valence-corrected chi connectivity index (χ4v) is 3.45. The standard InChI is InChI=1S/C20H19N3O2.C8H8S/c1-14(24)25-17-10-8-16(9-11-17)19-13-22-20(21-2)18(23-19)12-15-6-4-3-5-7-15;9-7-6-8-4-2-1-3-5-8/h3-11,13H,12H2,1-2H3,(H,21,22);1-5,7H,6H2. The highest BCUT2D eigenvalue weighted by Gasteiger charge is 2.09. The Bertz CT molecular complexity index is 1200. The van der Waals surface area contributed by atoms with Gasteiger partial charge in [0.25, 0.3) is 0 Å². The van der Waals surface area contributed by atoms with Crippen LogP contribution in [-0.2, 0) is 17.6 Å². The molecule has 1 aromatic heterocycles. The molecule has 0 radical (unpaired) electrons. The number of nitrogens with one attached hydrogen (secondary N) is 1. The summed E-state index contributed by atoms with van der Waals surface area (Å²) in [4.78, 5) is 20.3. The molecule has 0 aliphatic carbocycles. The number of benzene rings is 3. The molecule has 0 fully saturated rings. The van der Waals surface area contributed by atoms with Crippen molar-refractivity contribution >= 4 is 29.4 Å². The highest BCUT2D eigenvalue weighted by molar-refractivity contribution is 7.78. The summed E-state index contributed by atoms with van der Waals surface area (Å²) in [5, 5.41) is 4.84. The van der Waals surface area contributed by atoms with E-state index in [2.05, 4.69) is 34.6 Å². The zero-order valence-corrected chi connectivity index (χ0v) is 20.1. The molecule has 6 heteroatoms. The fraction of sp³-hybridized carbons (Fsp3) is 0.143. The van der Waals surface area contributed by atoms with Gasteiger partial charge in [-0.1, -0.05) is 72.9 Å². The van der Waals surface area contributed by atoms with E-state index >= 15 is 0 Å². The van der Waals surface area contributed by atoms with E-state index in [1.54, 1.807) is 23.7 Å². The van der Waals surface area contributed by atoms with Gasteiger partial charge in [-0.25, -0.2) is 9.97 Å². The van der Waals surface area contributed by atoms with Crippen molar-refractivity contribution in [2.75, 3.05) is 12.4 Å². The first-order valence-corrected chi connectivity index (χ1v) is 11.4. The van der Waals surface area contributed by atoms with Gasteiger partial charge in [0.2, 0.25) is 0 Å². The van der Waals surface area contributed by atoms with Crippen molar-refractivity contribution in [3.05, 3.63) is 108 Å². The molecule has 1 heterocycles. The van der Waals surface area contributed by atoms with Gasteiger partial charge in [-0.2, -0.15) is 0 Å². The minimum absolute atomic E-state index is 0.337. The Morgan fingerprint density at radius 1 is 0.941 bits per heavy atom. The molecule has 0 unspecified atom stereocenters. The zero-order chi connectivity index (χ0) is 24.2. The molecule has 0 saturated heterocycles. The van der Waals surface area contributed by atoms with Crippen LogP contribution >= 0.6 is 12.2 Å². The lowest BCUT2D eigenvalue weighted by Gasteiger charge is -2.10. The summed E-state index contributed by atoms with van der Waals surface area (Å²) in [5.41, 5.74) is 5.04. The van der Waals surface area contributed by atoms with Gasteiger partial charge < -0.3 is 10.1 Å². The van der Waals surface area contributed by atoms with E-state index in [1.807, 2.05) is 55.6 Å². The maximum Gasteiger partial charge on any atom is 0.308 e. The molecular weight excluding hydrogens is 442 g/mol. The summed E-state index contributed by atoms with van der Waals surface area (Å²) in [7, 11) is 1.84. The number of carbonyl (C=O) groups is 1. The van der Waals surface area contributed by atoms with E-state index < -0.39 is 0 Å². The van der Waals surface area contributed by atoms with Gasteiger partial charge in [-0.05, 0) is 40.8 Å². The summed E-state index contributed by atoms with van der Waals surface area (Å²) in [5.74, 6) is 0.945. The second-order valence-electron chi connectivity index (χ2n) is 7.44. The monoisotopic (exact) mass is 469 g/mol. The van der Waals surface area contributed by atoms with E-state index in [0.717, 1.165) is 29.2 Å². The molecule has 1 N–H and O–H groups in total. The Balaban J connectivity index is 0.000000302. The van der Waals surface area contributed by atoms with Crippen molar-refractivity contribution in [1.82, 2.24) is 9.97 Å². The quantitative estimate of drug-likeness (QED) is 0.206. The van der Waals surface area contributed by atoms with Gasteiger partial charge in [0, 0.05) is 32.4 Å². The Hall–Kier alpha value is -3.90. The molecule has 4 aromatic rings. The molecule has 0 aliphatic heterocycles. The van der Waals surface area contributed by atoms with E-state index in [0.29, 0.717) is 12.2 Å². The smallest absolute Gasteiger partial charge is 0.308 e. The largest absolute Gasteiger partial charge is 0.427 e. The van der Waals surface area contributed by atoms with Crippen molar-refractivity contribution < 1.29 is 9.53 Å². The van der Waals surface area contributed by atoms with Crippen molar-refractivity contribution in [3.63, 3.8) is 0 Å². The van der Waals surface area contributed by atoms with E-state index in [1.165, 1.54) is 18.1 Å².